The van der Waals surface area contributed by atoms with Gasteiger partial charge in [0.25, 0.3) is 5.91 Å². The van der Waals surface area contributed by atoms with E-state index in [1.54, 1.807) is 19.2 Å². The van der Waals surface area contributed by atoms with Crippen LogP contribution in [0, 0.1) is 18.2 Å². The first kappa shape index (κ1) is 19.5. The number of ether oxygens (including phenoxy) is 1. The third kappa shape index (κ3) is 3.74. The average molecular weight is 406 g/mol. The Morgan fingerprint density at radius 1 is 1.50 bits per heavy atom. The van der Waals surface area contributed by atoms with Crippen molar-refractivity contribution in [2.75, 3.05) is 29.0 Å². The molecule has 9 nitrogen and oxygen atoms in total. The van der Waals surface area contributed by atoms with Crippen LogP contribution >= 0.6 is 0 Å². The Kier molecular flexibility index (Phi) is 5.45. The number of methoxy groups -OCH3 is 1. The Balaban J connectivity index is 1.92. The molecule has 2 heterocycles. The summed E-state index contributed by atoms with van der Waals surface area (Å²) in [5.74, 6) is -0.0958. The summed E-state index contributed by atoms with van der Waals surface area (Å²) < 4.78 is 35.1. The van der Waals surface area contributed by atoms with E-state index in [9.17, 15) is 13.4 Å². The number of benzene rings is 1. The van der Waals surface area contributed by atoms with Crippen LogP contribution in [0.25, 0.3) is 0 Å². The number of aryl methyl sites for hydroxylation is 1. The maximum Gasteiger partial charge on any atom is 0.253 e. The fourth-order valence-corrected chi connectivity index (χ4v) is 3.82. The highest BCUT2D eigenvalue weighted by atomic mass is 32.2. The largest absolute Gasteiger partial charge is 0.497 e. The fourth-order valence-electron chi connectivity index (χ4n) is 2.87. The van der Waals surface area contributed by atoms with Crippen LogP contribution < -0.4 is 24.8 Å². The molecular formula is C17H19FN6O3S. The summed E-state index contributed by atoms with van der Waals surface area (Å²) in [4.78, 5) is 15.8. The minimum atomic E-state index is -1.92. The van der Waals surface area contributed by atoms with E-state index >= 15 is 0 Å². The Morgan fingerprint density at radius 2 is 2.25 bits per heavy atom. The van der Waals surface area contributed by atoms with Gasteiger partial charge in [-0.2, -0.15) is 0 Å². The van der Waals surface area contributed by atoms with E-state index in [1.807, 2.05) is 6.92 Å². The van der Waals surface area contributed by atoms with Gasteiger partial charge in [-0.05, 0) is 18.6 Å². The second-order valence-corrected chi connectivity index (χ2v) is 7.18. The molecule has 3 rings (SSSR count). The number of nitrogens with one attached hydrogen (secondary N) is 3. The monoisotopic (exact) mass is 406 g/mol. The van der Waals surface area contributed by atoms with Crippen LogP contribution in [0.5, 0.6) is 5.75 Å². The summed E-state index contributed by atoms with van der Waals surface area (Å²) in [6.45, 7) is 1.68. The summed E-state index contributed by atoms with van der Waals surface area (Å²) >= 11 is -1.92. The van der Waals surface area contributed by atoms with Gasteiger partial charge in [0.15, 0.2) is 0 Å². The zero-order valence-electron chi connectivity index (χ0n) is 15.2. The van der Waals surface area contributed by atoms with Gasteiger partial charge in [-0.25, -0.2) is 13.6 Å². The molecule has 1 aromatic carbocycles. The van der Waals surface area contributed by atoms with Gasteiger partial charge in [0, 0.05) is 36.1 Å². The van der Waals surface area contributed by atoms with E-state index in [0.29, 0.717) is 17.1 Å². The molecule has 1 fully saturated rings. The molecule has 5 N–H and O–H groups in total. The summed E-state index contributed by atoms with van der Waals surface area (Å²) in [5, 5.41) is 10.7. The molecule has 1 saturated heterocycles. The molecule has 0 aliphatic carbocycles. The number of carbonyl (C=O) groups excluding carboxylic acids is 1. The van der Waals surface area contributed by atoms with Gasteiger partial charge in [0.1, 0.15) is 29.6 Å². The van der Waals surface area contributed by atoms with E-state index in [0.717, 1.165) is 16.2 Å². The summed E-state index contributed by atoms with van der Waals surface area (Å²) in [7, 11) is 1.54. The molecule has 0 spiro atoms. The van der Waals surface area contributed by atoms with Crippen LogP contribution in [-0.2, 0) is 22.5 Å². The number of pyridine rings is 1. The predicted octanol–water partition coefficient (Wildman–Crippen LogP) is 1.24. The summed E-state index contributed by atoms with van der Waals surface area (Å²) in [5.41, 5.74) is 7.24. The first-order valence-electron chi connectivity index (χ1n) is 8.20. The van der Waals surface area contributed by atoms with Crippen molar-refractivity contribution < 1.29 is 18.1 Å². The topological polar surface area (TPSA) is 133 Å². The first-order chi connectivity index (χ1) is 13.3. The third-order valence-corrected chi connectivity index (χ3v) is 5.24. The number of hydrogen-bond donors (Lipinski definition) is 4. The Labute approximate surface area is 163 Å². The van der Waals surface area contributed by atoms with Crippen molar-refractivity contribution in [1.82, 2.24) is 9.71 Å². The lowest BCUT2D eigenvalue weighted by Gasteiger charge is -2.20. The quantitative estimate of drug-likeness (QED) is 0.421. The number of carbonyl (C=O) groups is 1. The molecule has 1 amide bonds. The second kappa shape index (κ2) is 7.80. The minimum Gasteiger partial charge on any atom is -0.497 e. The molecule has 1 aliphatic heterocycles. The van der Waals surface area contributed by atoms with Crippen molar-refractivity contribution >= 4 is 40.5 Å². The molecule has 2 aromatic rings. The fraction of sp³-hybridized carbons (Fsp3) is 0.235. The van der Waals surface area contributed by atoms with Gasteiger partial charge >= 0.3 is 0 Å². The lowest BCUT2D eigenvalue weighted by Crippen LogP contribution is -2.25. The number of nitrogens with zero attached hydrogens (tertiary/aromatic N) is 2. The SMILES string of the molecule is COc1cc(C)nc(NCc2cc(F)c(N3CC(=O)NS3=O)c(N)c2C=N)c1. The van der Waals surface area contributed by atoms with Gasteiger partial charge in [-0.15, -0.1) is 0 Å². The average Bonchev–Trinajstić information content (AvgIpc) is 2.97. The molecule has 28 heavy (non-hydrogen) atoms. The Hall–Kier alpha value is -3.21. The third-order valence-electron chi connectivity index (χ3n) is 4.12. The number of aromatic nitrogens is 1. The number of hydrogen-bond acceptors (Lipinski definition) is 7. The van der Waals surface area contributed by atoms with Crippen molar-refractivity contribution in [3.63, 3.8) is 0 Å². The second-order valence-electron chi connectivity index (χ2n) is 6.04. The lowest BCUT2D eigenvalue weighted by atomic mass is 10.0. The van der Waals surface area contributed by atoms with Gasteiger partial charge in [0.2, 0.25) is 11.2 Å². The zero-order valence-corrected chi connectivity index (χ0v) is 16.0. The molecule has 1 unspecified atom stereocenters. The van der Waals surface area contributed by atoms with Crippen LogP contribution in [0.4, 0.5) is 21.6 Å². The zero-order chi connectivity index (χ0) is 20.4. The molecule has 1 aliphatic rings. The van der Waals surface area contributed by atoms with E-state index < -0.39 is 22.9 Å². The van der Waals surface area contributed by atoms with Gasteiger partial charge < -0.3 is 21.2 Å². The van der Waals surface area contributed by atoms with Crippen molar-refractivity contribution in [2.45, 2.75) is 13.5 Å². The number of halogens is 1. The number of nitrogen functional groups attached to an aromatic ring is 1. The predicted molar refractivity (Wildman–Crippen MR) is 105 cm³/mol. The van der Waals surface area contributed by atoms with Crippen LogP contribution in [0.1, 0.15) is 16.8 Å². The van der Waals surface area contributed by atoms with E-state index in [2.05, 4.69) is 15.0 Å². The number of amides is 1. The normalized spacial score (nSPS) is 16.0. The highest BCUT2D eigenvalue weighted by Gasteiger charge is 2.31. The smallest absolute Gasteiger partial charge is 0.253 e. The van der Waals surface area contributed by atoms with Crippen molar-refractivity contribution in [1.29, 1.82) is 5.41 Å². The lowest BCUT2D eigenvalue weighted by molar-refractivity contribution is -0.117. The first-order valence-corrected chi connectivity index (χ1v) is 9.31. The minimum absolute atomic E-state index is 0.0635. The van der Waals surface area contributed by atoms with Gasteiger partial charge in [0.05, 0.1) is 12.8 Å². The Morgan fingerprint density at radius 3 is 2.86 bits per heavy atom. The van der Waals surface area contributed by atoms with Crippen LogP contribution in [0.2, 0.25) is 0 Å². The molecule has 148 valence electrons. The molecule has 1 atom stereocenters. The van der Waals surface area contributed by atoms with Crippen LogP contribution in [-0.4, -0.2) is 35.0 Å². The molecule has 0 bridgehead atoms. The van der Waals surface area contributed by atoms with E-state index in [-0.39, 0.29) is 30.0 Å². The highest BCUT2D eigenvalue weighted by molar-refractivity contribution is 7.85. The molecular weight excluding hydrogens is 387 g/mol. The number of rotatable bonds is 6. The number of nitrogens with two attached hydrogens (primary N) is 1. The Bertz CT molecular complexity index is 984. The number of anilines is 3. The highest BCUT2D eigenvalue weighted by Crippen LogP contribution is 2.34. The van der Waals surface area contributed by atoms with Crippen LogP contribution in [0.3, 0.4) is 0 Å². The van der Waals surface area contributed by atoms with Crippen molar-refractivity contribution in [3.8, 4) is 5.75 Å². The van der Waals surface area contributed by atoms with Crippen molar-refractivity contribution in [2.24, 2.45) is 0 Å². The van der Waals surface area contributed by atoms with E-state index in [1.165, 1.54) is 6.07 Å². The molecule has 0 saturated carbocycles. The van der Waals surface area contributed by atoms with E-state index in [4.69, 9.17) is 15.9 Å². The van der Waals surface area contributed by atoms with Gasteiger partial charge in [-0.1, -0.05) is 0 Å². The maximum atomic E-state index is 14.8. The maximum absolute atomic E-state index is 14.8. The molecule has 0 radical (unpaired) electrons. The molecule has 1 aromatic heterocycles. The summed E-state index contributed by atoms with van der Waals surface area (Å²) in [6.07, 6.45) is 0.994. The van der Waals surface area contributed by atoms with Crippen molar-refractivity contribution in [3.05, 3.63) is 40.8 Å². The summed E-state index contributed by atoms with van der Waals surface area (Å²) in [6, 6.07) is 4.66. The van der Waals surface area contributed by atoms with Gasteiger partial charge in [-0.3, -0.25) is 13.8 Å². The standard InChI is InChI=1S/C17H19FN6O3S/c1-9-3-11(27-2)5-14(22-9)21-7-10-4-13(18)17(16(20)12(10)6-19)24-8-15(25)23-28(24)26/h3-6,19H,7-8,20H2,1-2H3,(H,21,22)(H,23,25). The molecule has 11 heteroatoms. The van der Waals surface area contributed by atoms with Crippen LogP contribution in [0.15, 0.2) is 18.2 Å².